The van der Waals surface area contributed by atoms with Gasteiger partial charge in [-0.1, -0.05) is 29.9 Å². The van der Waals surface area contributed by atoms with E-state index in [1.54, 1.807) is 12.1 Å². The molecule has 4 nitrogen and oxygen atoms in total. The Kier molecular flexibility index (Phi) is 9.22. The molecule has 0 amide bonds. The average molecular weight is 594 g/mol. The van der Waals surface area contributed by atoms with Gasteiger partial charge in [0, 0.05) is 43.6 Å². The summed E-state index contributed by atoms with van der Waals surface area (Å²) in [5, 5.41) is 2.91. The van der Waals surface area contributed by atoms with Crippen LogP contribution in [0, 0.1) is 6.92 Å². The van der Waals surface area contributed by atoms with Gasteiger partial charge in [0.25, 0.3) is 0 Å². The van der Waals surface area contributed by atoms with Gasteiger partial charge in [0.1, 0.15) is 4.99 Å². The van der Waals surface area contributed by atoms with E-state index in [0.717, 1.165) is 37.8 Å². The van der Waals surface area contributed by atoms with Gasteiger partial charge in [0.2, 0.25) is 0 Å². The molecular formula is C27H30ClF6N3OS. The van der Waals surface area contributed by atoms with Gasteiger partial charge in [-0.05, 0) is 68.5 Å². The zero-order chi connectivity index (χ0) is 28.4. The number of hydrogen-bond acceptors (Lipinski definition) is 4. The number of hydrogen-bond donors (Lipinski definition) is 1. The van der Waals surface area contributed by atoms with E-state index in [9.17, 15) is 26.3 Å². The summed E-state index contributed by atoms with van der Waals surface area (Å²) in [7, 11) is 0. The highest BCUT2D eigenvalue weighted by Gasteiger charge is 2.34. The summed E-state index contributed by atoms with van der Waals surface area (Å²) < 4.78 is 85.3. The molecule has 39 heavy (non-hydrogen) atoms. The van der Waals surface area contributed by atoms with Crippen molar-refractivity contribution >= 4 is 40.2 Å². The molecule has 2 fully saturated rings. The van der Waals surface area contributed by atoms with Crippen LogP contribution in [0.25, 0.3) is 0 Å². The van der Waals surface area contributed by atoms with E-state index in [-0.39, 0.29) is 29.3 Å². The molecule has 1 saturated carbocycles. The maximum Gasteiger partial charge on any atom is 0.417 e. The van der Waals surface area contributed by atoms with Crippen LogP contribution < -0.4 is 10.2 Å². The zero-order valence-electron chi connectivity index (χ0n) is 21.3. The second-order valence-electron chi connectivity index (χ2n) is 9.99. The Morgan fingerprint density at radius 2 is 1.56 bits per heavy atom. The molecule has 1 N–H and O–H groups in total. The first-order valence-electron chi connectivity index (χ1n) is 12.8. The Balaban J connectivity index is 1.20. The number of piperazine rings is 1. The van der Waals surface area contributed by atoms with Gasteiger partial charge < -0.3 is 19.9 Å². The monoisotopic (exact) mass is 593 g/mol. The number of aryl methyl sites for hydroxylation is 1. The molecule has 1 aliphatic heterocycles. The lowest BCUT2D eigenvalue weighted by Crippen LogP contribution is -2.49. The van der Waals surface area contributed by atoms with Crippen LogP contribution in [0.1, 0.15) is 42.4 Å². The highest BCUT2D eigenvalue weighted by Crippen LogP contribution is 2.37. The molecule has 214 valence electrons. The fraction of sp³-hybridized carbons (Fsp3) is 0.519. The standard InChI is InChI=1S/C27H30ClF6N3OS/c1-17-2-3-19(14-22(17)26(29,30)31)35-18-4-7-21(8-5-18)38-16-25(39)37-12-10-36(11-13-37)20-6-9-24(28)23(15-20)27(32,33)34/h2-3,6,9,14-15,18,21,35H,4-5,7-8,10-13,16H2,1H3. The lowest BCUT2D eigenvalue weighted by Gasteiger charge is -2.38. The number of alkyl halides is 6. The largest absolute Gasteiger partial charge is 0.417 e. The Morgan fingerprint density at radius 3 is 2.18 bits per heavy atom. The van der Waals surface area contributed by atoms with E-state index in [1.165, 1.54) is 19.1 Å². The van der Waals surface area contributed by atoms with Crippen molar-refractivity contribution in [2.45, 2.75) is 57.1 Å². The Bertz CT molecular complexity index is 1160. The van der Waals surface area contributed by atoms with Crippen molar-refractivity contribution in [3.63, 3.8) is 0 Å². The fourth-order valence-corrected chi connectivity index (χ4v) is 5.52. The van der Waals surface area contributed by atoms with Crippen LogP contribution in [0.3, 0.4) is 0 Å². The third-order valence-electron chi connectivity index (χ3n) is 7.28. The molecule has 0 spiro atoms. The minimum atomic E-state index is -4.51. The lowest BCUT2D eigenvalue weighted by atomic mass is 9.92. The van der Waals surface area contributed by atoms with Crippen molar-refractivity contribution in [2.24, 2.45) is 0 Å². The van der Waals surface area contributed by atoms with E-state index in [4.69, 9.17) is 28.6 Å². The van der Waals surface area contributed by atoms with Gasteiger partial charge in [-0.25, -0.2) is 0 Å². The number of thiocarbonyl (C=S) groups is 1. The van der Waals surface area contributed by atoms with Gasteiger partial charge >= 0.3 is 12.4 Å². The molecular weight excluding hydrogens is 564 g/mol. The summed E-state index contributed by atoms with van der Waals surface area (Å²) in [4.78, 5) is 4.54. The zero-order valence-corrected chi connectivity index (χ0v) is 22.9. The smallest absolute Gasteiger partial charge is 0.382 e. The number of nitrogens with one attached hydrogen (secondary N) is 1. The molecule has 1 heterocycles. The van der Waals surface area contributed by atoms with Crippen LogP contribution in [0.15, 0.2) is 36.4 Å². The van der Waals surface area contributed by atoms with Crippen molar-refractivity contribution < 1.29 is 31.1 Å². The van der Waals surface area contributed by atoms with Gasteiger partial charge in [0.15, 0.2) is 0 Å². The Labute approximate surface area is 234 Å². The van der Waals surface area contributed by atoms with Gasteiger partial charge in [-0.2, -0.15) is 26.3 Å². The van der Waals surface area contributed by atoms with Gasteiger partial charge in [-0.3, -0.25) is 0 Å². The Hall–Kier alpha value is -2.24. The maximum atomic E-state index is 13.2. The van der Waals surface area contributed by atoms with Crippen LogP contribution in [0.2, 0.25) is 5.02 Å². The van der Waals surface area contributed by atoms with Gasteiger partial charge in [-0.15, -0.1) is 0 Å². The molecule has 0 atom stereocenters. The molecule has 2 aromatic carbocycles. The number of rotatable bonds is 6. The van der Waals surface area contributed by atoms with Crippen molar-refractivity contribution in [3.8, 4) is 0 Å². The molecule has 0 aromatic heterocycles. The summed E-state index contributed by atoms with van der Waals surface area (Å²) in [6, 6.07) is 8.34. The first kappa shape index (κ1) is 29.7. The number of halogens is 7. The second-order valence-corrected chi connectivity index (χ2v) is 10.9. The van der Waals surface area contributed by atoms with E-state index in [1.807, 2.05) is 9.80 Å². The molecule has 12 heteroatoms. The minimum absolute atomic E-state index is 0.0147. The average Bonchev–Trinajstić information content (AvgIpc) is 2.88. The number of anilines is 2. The normalized spacial score (nSPS) is 20.7. The summed E-state index contributed by atoms with van der Waals surface area (Å²) in [5.41, 5.74) is -0.339. The van der Waals surface area contributed by atoms with Gasteiger partial charge in [0.05, 0.1) is 28.9 Å². The number of ether oxygens (including phenoxy) is 1. The molecule has 1 aliphatic carbocycles. The molecule has 2 aliphatic rings. The van der Waals surface area contributed by atoms with Crippen molar-refractivity contribution in [2.75, 3.05) is 43.0 Å². The molecule has 0 radical (unpaired) electrons. The molecule has 4 rings (SSSR count). The third-order valence-corrected chi connectivity index (χ3v) is 7.99. The van der Waals surface area contributed by atoms with Crippen molar-refractivity contribution in [3.05, 3.63) is 58.1 Å². The minimum Gasteiger partial charge on any atom is -0.382 e. The Morgan fingerprint density at radius 1 is 0.923 bits per heavy atom. The first-order valence-corrected chi connectivity index (χ1v) is 13.6. The summed E-state index contributed by atoms with van der Waals surface area (Å²) in [6.07, 6.45) is -5.81. The van der Waals surface area contributed by atoms with Crippen LogP contribution >= 0.6 is 23.8 Å². The topological polar surface area (TPSA) is 27.7 Å². The van der Waals surface area contributed by atoms with Crippen LogP contribution in [-0.2, 0) is 17.1 Å². The van der Waals surface area contributed by atoms with E-state index in [0.29, 0.717) is 42.5 Å². The summed E-state index contributed by atoms with van der Waals surface area (Å²) >= 11 is 11.3. The van der Waals surface area contributed by atoms with E-state index < -0.39 is 23.5 Å². The molecule has 0 unspecified atom stereocenters. The predicted molar refractivity (Wildman–Crippen MR) is 145 cm³/mol. The lowest BCUT2D eigenvalue weighted by molar-refractivity contribution is -0.138. The summed E-state index contributed by atoms with van der Waals surface area (Å²) in [5.74, 6) is 0. The van der Waals surface area contributed by atoms with Crippen molar-refractivity contribution in [1.82, 2.24) is 4.90 Å². The number of benzene rings is 2. The quantitative estimate of drug-likeness (QED) is 0.275. The third kappa shape index (κ3) is 7.70. The molecule has 2 aromatic rings. The molecule has 0 bridgehead atoms. The first-order chi connectivity index (χ1) is 18.3. The SMILES string of the molecule is Cc1ccc(NC2CCC(OCC(=S)N3CCN(c4ccc(Cl)c(C(F)(F)F)c4)CC3)CC2)cc1C(F)(F)F. The maximum absolute atomic E-state index is 13.2. The molecule has 1 saturated heterocycles. The second kappa shape index (κ2) is 12.1. The van der Waals surface area contributed by atoms with E-state index >= 15 is 0 Å². The highest BCUT2D eigenvalue weighted by molar-refractivity contribution is 7.80. The van der Waals surface area contributed by atoms with Crippen LogP contribution in [-0.4, -0.2) is 54.8 Å². The van der Waals surface area contributed by atoms with Crippen LogP contribution in [0.4, 0.5) is 37.7 Å². The van der Waals surface area contributed by atoms with Crippen molar-refractivity contribution in [1.29, 1.82) is 0 Å². The predicted octanol–water partition coefficient (Wildman–Crippen LogP) is 7.58. The summed E-state index contributed by atoms with van der Waals surface area (Å²) in [6.45, 7) is 3.91. The number of nitrogens with zero attached hydrogens (tertiary/aromatic N) is 2. The highest BCUT2D eigenvalue weighted by atomic mass is 35.5. The fourth-order valence-electron chi connectivity index (χ4n) is 5.05. The van der Waals surface area contributed by atoms with Crippen LogP contribution in [0.5, 0.6) is 0 Å². The van der Waals surface area contributed by atoms with E-state index in [2.05, 4.69) is 5.32 Å².